The van der Waals surface area contributed by atoms with Gasteiger partial charge in [-0.05, 0) is 20.3 Å². The van der Waals surface area contributed by atoms with Crippen molar-refractivity contribution in [2.24, 2.45) is 0 Å². The Bertz CT molecular complexity index is 1010. The summed E-state index contributed by atoms with van der Waals surface area (Å²) in [5.41, 5.74) is 0.0672. The minimum atomic E-state index is -4.47. The van der Waals surface area contributed by atoms with Gasteiger partial charge in [0.15, 0.2) is 0 Å². The molecular weight excluding hydrogens is 455 g/mol. The van der Waals surface area contributed by atoms with Crippen molar-refractivity contribution in [2.45, 2.75) is 38.9 Å². The SMILES string of the molecule is Cc1c(N[C@@H](C)COCCCC(=O)N2CCN(c3ncc(C(F)(F)F)cn3)CC2)cn[nH]c1=O. The van der Waals surface area contributed by atoms with Crippen molar-refractivity contribution in [3.63, 3.8) is 0 Å². The summed E-state index contributed by atoms with van der Waals surface area (Å²) in [6.07, 6.45) is -0.465. The summed E-state index contributed by atoms with van der Waals surface area (Å²) in [5.74, 6) is 0.232. The number of piperazine rings is 1. The molecule has 0 aromatic carbocycles. The molecule has 0 bridgehead atoms. The molecule has 13 heteroatoms. The highest BCUT2D eigenvalue weighted by molar-refractivity contribution is 5.76. The van der Waals surface area contributed by atoms with Gasteiger partial charge in [0.2, 0.25) is 11.9 Å². The first-order valence-corrected chi connectivity index (χ1v) is 11.0. The Morgan fingerprint density at radius 2 is 1.88 bits per heavy atom. The van der Waals surface area contributed by atoms with Gasteiger partial charge in [0.25, 0.3) is 5.56 Å². The highest BCUT2D eigenvalue weighted by Gasteiger charge is 2.32. The van der Waals surface area contributed by atoms with E-state index in [1.54, 1.807) is 22.9 Å². The highest BCUT2D eigenvalue weighted by atomic mass is 19.4. The van der Waals surface area contributed by atoms with Crippen molar-refractivity contribution in [1.29, 1.82) is 0 Å². The van der Waals surface area contributed by atoms with E-state index in [4.69, 9.17) is 4.74 Å². The number of nitrogens with one attached hydrogen (secondary N) is 2. The maximum absolute atomic E-state index is 12.6. The van der Waals surface area contributed by atoms with Crippen LogP contribution in [0.5, 0.6) is 0 Å². The van der Waals surface area contributed by atoms with Crippen molar-refractivity contribution in [1.82, 2.24) is 25.1 Å². The normalized spacial score (nSPS) is 15.3. The number of amides is 1. The lowest BCUT2D eigenvalue weighted by atomic mass is 10.2. The number of alkyl halides is 3. The van der Waals surface area contributed by atoms with E-state index in [2.05, 4.69) is 25.5 Å². The van der Waals surface area contributed by atoms with Gasteiger partial charge >= 0.3 is 6.18 Å². The maximum Gasteiger partial charge on any atom is 0.419 e. The molecule has 2 aromatic rings. The van der Waals surface area contributed by atoms with Crippen LogP contribution in [0.1, 0.15) is 30.9 Å². The summed E-state index contributed by atoms with van der Waals surface area (Å²) in [4.78, 5) is 35.1. The van der Waals surface area contributed by atoms with E-state index < -0.39 is 11.7 Å². The molecule has 2 N–H and O–H groups in total. The number of ether oxygens (including phenoxy) is 1. The topological polar surface area (TPSA) is 116 Å². The molecule has 34 heavy (non-hydrogen) atoms. The third kappa shape index (κ3) is 6.89. The van der Waals surface area contributed by atoms with E-state index in [-0.39, 0.29) is 23.5 Å². The van der Waals surface area contributed by atoms with E-state index >= 15 is 0 Å². The van der Waals surface area contributed by atoms with Crippen LogP contribution in [0.15, 0.2) is 23.4 Å². The van der Waals surface area contributed by atoms with Gasteiger partial charge in [0.05, 0.1) is 24.1 Å². The minimum absolute atomic E-state index is 0.00738. The predicted octanol–water partition coefficient (Wildman–Crippen LogP) is 1.83. The van der Waals surface area contributed by atoms with Crippen LogP contribution in [0.4, 0.5) is 24.8 Å². The second-order valence-electron chi connectivity index (χ2n) is 8.10. The zero-order valence-corrected chi connectivity index (χ0v) is 19.1. The number of nitrogens with zero attached hydrogens (tertiary/aromatic N) is 5. The average molecular weight is 483 g/mol. The molecule has 0 spiro atoms. The van der Waals surface area contributed by atoms with Gasteiger partial charge in [-0.3, -0.25) is 9.59 Å². The minimum Gasteiger partial charge on any atom is -0.379 e. The standard InChI is InChI=1S/C21H28F3N7O3/c1-14(28-17-12-27-29-19(33)15(17)2)13-34-9-3-4-18(32)30-5-7-31(8-6-30)20-25-10-16(11-26-20)21(22,23)24/h10-12,14H,3-9,13H2,1-2H3,(H2,28,29,33)/t14-/m0/s1. The molecule has 10 nitrogen and oxygen atoms in total. The summed E-state index contributed by atoms with van der Waals surface area (Å²) in [5, 5.41) is 9.32. The maximum atomic E-state index is 12.6. The number of carbonyl (C=O) groups excluding carboxylic acids is 1. The number of carbonyl (C=O) groups is 1. The molecule has 1 fully saturated rings. The molecule has 1 amide bonds. The number of H-pyrrole nitrogens is 1. The lowest BCUT2D eigenvalue weighted by Gasteiger charge is -2.34. The summed E-state index contributed by atoms with van der Waals surface area (Å²) in [7, 11) is 0. The van der Waals surface area contributed by atoms with Gasteiger partial charge in [0.1, 0.15) is 0 Å². The molecule has 0 radical (unpaired) electrons. The quantitative estimate of drug-likeness (QED) is 0.519. The number of aromatic nitrogens is 4. The van der Waals surface area contributed by atoms with Crippen LogP contribution in [0.25, 0.3) is 0 Å². The lowest BCUT2D eigenvalue weighted by molar-refractivity contribution is -0.138. The van der Waals surface area contributed by atoms with Crippen molar-refractivity contribution in [3.8, 4) is 0 Å². The predicted molar refractivity (Wildman–Crippen MR) is 119 cm³/mol. The van der Waals surface area contributed by atoms with Crippen molar-refractivity contribution in [3.05, 3.63) is 40.1 Å². The van der Waals surface area contributed by atoms with Crippen molar-refractivity contribution >= 4 is 17.5 Å². The molecule has 1 aliphatic rings. The monoisotopic (exact) mass is 483 g/mol. The number of anilines is 2. The molecule has 3 heterocycles. The van der Waals surface area contributed by atoms with Gasteiger partial charge in [-0.1, -0.05) is 0 Å². The Balaban J connectivity index is 1.32. The largest absolute Gasteiger partial charge is 0.419 e. The average Bonchev–Trinajstić information content (AvgIpc) is 2.81. The molecule has 186 valence electrons. The van der Waals surface area contributed by atoms with Gasteiger partial charge in [0, 0.05) is 63.2 Å². The third-order valence-corrected chi connectivity index (χ3v) is 5.43. The molecule has 1 atom stereocenters. The summed E-state index contributed by atoms with van der Waals surface area (Å²) >= 11 is 0. The molecule has 0 aliphatic carbocycles. The van der Waals surface area contributed by atoms with Crippen LogP contribution in [0.2, 0.25) is 0 Å². The molecule has 1 aliphatic heterocycles. The first kappa shape index (κ1) is 25.4. The summed E-state index contributed by atoms with van der Waals surface area (Å²) in [6, 6.07) is -0.0431. The van der Waals surface area contributed by atoms with Crippen LogP contribution < -0.4 is 15.8 Å². The zero-order valence-electron chi connectivity index (χ0n) is 19.1. The van der Waals surface area contributed by atoms with E-state index in [0.29, 0.717) is 63.5 Å². The van der Waals surface area contributed by atoms with E-state index in [9.17, 15) is 22.8 Å². The first-order chi connectivity index (χ1) is 16.1. The lowest BCUT2D eigenvalue weighted by Crippen LogP contribution is -2.49. The summed E-state index contributed by atoms with van der Waals surface area (Å²) in [6.45, 7) is 6.27. The van der Waals surface area contributed by atoms with Gasteiger partial charge in [-0.2, -0.15) is 18.3 Å². The van der Waals surface area contributed by atoms with Gasteiger partial charge < -0.3 is 19.9 Å². The Kier molecular flexibility index (Phi) is 8.42. The Morgan fingerprint density at radius 3 is 2.53 bits per heavy atom. The van der Waals surface area contributed by atoms with Gasteiger partial charge in [-0.15, -0.1) is 0 Å². The second-order valence-corrected chi connectivity index (χ2v) is 8.10. The summed E-state index contributed by atoms with van der Waals surface area (Å²) < 4.78 is 43.6. The number of halogens is 3. The Morgan fingerprint density at radius 1 is 1.21 bits per heavy atom. The van der Waals surface area contributed by atoms with Crippen LogP contribution in [-0.4, -0.2) is 76.4 Å². The number of rotatable bonds is 9. The van der Waals surface area contributed by atoms with Gasteiger partial charge in [-0.25, -0.2) is 15.1 Å². The molecule has 0 unspecified atom stereocenters. The van der Waals surface area contributed by atoms with Crippen molar-refractivity contribution in [2.75, 3.05) is 49.6 Å². The zero-order chi connectivity index (χ0) is 24.7. The smallest absolute Gasteiger partial charge is 0.379 e. The number of hydrogen-bond donors (Lipinski definition) is 2. The fourth-order valence-corrected chi connectivity index (χ4v) is 3.44. The highest BCUT2D eigenvalue weighted by Crippen LogP contribution is 2.28. The third-order valence-electron chi connectivity index (χ3n) is 5.43. The van der Waals surface area contributed by atoms with Crippen LogP contribution in [0.3, 0.4) is 0 Å². The molecular formula is C21H28F3N7O3. The van der Waals surface area contributed by atoms with Crippen LogP contribution >= 0.6 is 0 Å². The fraction of sp³-hybridized carbons (Fsp3) is 0.571. The second kappa shape index (κ2) is 11.3. The Hall–Kier alpha value is -3.22. The fourth-order valence-electron chi connectivity index (χ4n) is 3.44. The van der Waals surface area contributed by atoms with E-state index in [1.807, 2.05) is 6.92 Å². The molecule has 0 saturated carbocycles. The molecule has 1 saturated heterocycles. The van der Waals surface area contributed by atoms with Crippen molar-refractivity contribution < 1.29 is 22.7 Å². The van der Waals surface area contributed by atoms with E-state index in [1.165, 1.54) is 0 Å². The van der Waals surface area contributed by atoms with Crippen LogP contribution in [0, 0.1) is 6.92 Å². The first-order valence-electron chi connectivity index (χ1n) is 11.0. The number of aromatic amines is 1. The molecule has 2 aromatic heterocycles. The van der Waals surface area contributed by atoms with Crippen LogP contribution in [-0.2, 0) is 15.7 Å². The Labute approximate surface area is 194 Å². The molecule has 3 rings (SSSR count). The number of hydrogen-bond acceptors (Lipinski definition) is 8. The van der Waals surface area contributed by atoms with E-state index in [0.717, 1.165) is 12.4 Å².